The van der Waals surface area contributed by atoms with Gasteiger partial charge in [-0.25, -0.2) is 0 Å². The van der Waals surface area contributed by atoms with Crippen LogP contribution < -0.4 is 5.32 Å². The highest BCUT2D eigenvalue weighted by molar-refractivity contribution is 6.31. The average Bonchev–Trinajstić information content (AvgIpc) is 3.00. The lowest BCUT2D eigenvalue weighted by Crippen LogP contribution is -2.38. The lowest BCUT2D eigenvalue weighted by molar-refractivity contribution is 0.0933. The van der Waals surface area contributed by atoms with Crippen LogP contribution in [0.3, 0.4) is 0 Å². The normalized spacial score (nSPS) is 16.1. The Morgan fingerprint density at radius 1 is 1.35 bits per heavy atom. The zero-order chi connectivity index (χ0) is 18.3. The Hall–Kier alpha value is -2.77. The molecule has 0 spiro atoms. The number of aromatic amines is 1. The van der Waals surface area contributed by atoms with Crippen molar-refractivity contribution in [3.63, 3.8) is 0 Å². The molecule has 4 nitrogen and oxygen atoms in total. The number of aromatic nitrogens is 1. The fourth-order valence-electron chi connectivity index (χ4n) is 3.77. The Kier molecular flexibility index (Phi) is 4.18. The summed E-state index contributed by atoms with van der Waals surface area (Å²) >= 11 is 6.24. The molecular weight excluding hydrogens is 346 g/mol. The molecule has 1 amide bonds. The van der Waals surface area contributed by atoms with Gasteiger partial charge in [-0.2, -0.15) is 5.26 Å². The van der Waals surface area contributed by atoms with Crippen LogP contribution in [0.15, 0.2) is 36.4 Å². The highest BCUT2D eigenvalue weighted by Crippen LogP contribution is 2.33. The number of aryl methyl sites for hydroxylation is 2. The summed E-state index contributed by atoms with van der Waals surface area (Å²) in [7, 11) is 0. The van der Waals surface area contributed by atoms with Gasteiger partial charge in [-0.1, -0.05) is 17.7 Å². The summed E-state index contributed by atoms with van der Waals surface area (Å²) < 4.78 is 0. The topological polar surface area (TPSA) is 68.7 Å². The quantitative estimate of drug-likeness (QED) is 0.713. The lowest BCUT2D eigenvalue weighted by atomic mass is 9.91. The van der Waals surface area contributed by atoms with Gasteiger partial charge < -0.3 is 10.3 Å². The second-order valence-electron chi connectivity index (χ2n) is 6.83. The number of amides is 1. The van der Waals surface area contributed by atoms with E-state index in [4.69, 9.17) is 16.9 Å². The van der Waals surface area contributed by atoms with Gasteiger partial charge in [0, 0.05) is 33.2 Å². The molecule has 2 aromatic carbocycles. The highest BCUT2D eigenvalue weighted by atomic mass is 35.5. The number of carbonyl (C=O) groups is 1. The van der Waals surface area contributed by atoms with Crippen molar-refractivity contribution in [2.24, 2.45) is 0 Å². The summed E-state index contributed by atoms with van der Waals surface area (Å²) in [5.41, 5.74) is 5.76. The second-order valence-corrected chi connectivity index (χ2v) is 7.27. The van der Waals surface area contributed by atoms with Crippen molar-refractivity contribution < 1.29 is 4.79 Å². The van der Waals surface area contributed by atoms with Gasteiger partial charge in [0.15, 0.2) is 0 Å². The number of carbonyl (C=O) groups excluding carboxylic acids is 1. The number of hydrogen-bond donors (Lipinski definition) is 2. The first-order chi connectivity index (χ1) is 12.5. The fourth-order valence-corrected chi connectivity index (χ4v) is 4.04. The number of nitriles is 1. The molecule has 0 bridgehead atoms. The molecule has 1 aliphatic carbocycles. The van der Waals surface area contributed by atoms with Crippen molar-refractivity contribution in [1.29, 1.82) is 5.26 Å². The van der Waals surface area contributed by atoms with Crippen LogP contribution in [0.5, 0.6) is 0 Å². The molecule has 3 aromatic rings. The van der Waals surface area contributed by atoms with Crippen LogP contribution in [0.1, 0.15) is 39.2 Å². The number of rotatable bonds is 2. The van der Waals surface area contributed by atoms with E-state index < -0.39 is 0 Å². The van der Waals surface area contributed by atoms with Crippen LogP contribution in [-0.4, -0.2) is 16.9 Å². The molecule has 0 unspecified atom stereocenters. The third-order valence-electron chi connectivity index (χ3n) is 5.05. The smallest absolute Gasteiger partial charge is 0.251 e. The van der Waals surface area contributed by atoms with E-state index >= 15 is 0 Å². The van der Waals surface area contributed by atoms with Crippen molar-refractivity contribution in [3.05, 3.63) is 69.4 Å². The van der Waals surface area contributed by atoms with E-state index in [1.807, 2.05) is 12.1 Å². The first-order valence-corrected chi connectivity index (χ1v) is 9.03. The number of nitrogens with one attached hydrogen (secondary N) is 2. The number of fused-ring (bicyclic) bond motifs is 3. The first kappa shape index (κ1) is 16.7. The van der Waals surface area contributed by atoms with Gasteiger partial charge in [0.25, 0.3) is 5.91 Å². The van der Waals surface area contributed by atoms with Gasteiger partial charge >= 0.3 is 0 Å². The third-order valence-corrected chi connectivity index (χ3v) is 5.27. The predicted molar refractivity (Wildman–Crippen MR) is 102 cm³/mol. The van der Waals surface area contributed by atoms with Crippen LogP contribution in [0.4, 0.5) is 0 Å². The van der Waals surface area contributed by atoms with Gasteiger partial charge in [0.05, 0.1) is 11.6 Å². The van der Waals surface area contributed by atoms with Gasteiger partial charge in [-0.15, -0.1) is 0 Å². The van der Waals surface area contributed by atoms with Crippen LogP contribution >= 0.6 is 11.6 Å². The standard InChI is InChI=1S/C21H18ClN3O/c1-12-7-15(22)9-18-17-10-16(5-6-19(17)25-20(12)18)24-21(26)14-4-2-3-13(8-14)11-23/h2-4,7-9,16,25H,5-6,10H2,1H3,(H,24,26)/t16-/m1/s1. The Labute approximate surface area is 156 Å². The second kappa shape index (κ2) is 6.51. The maximum Gasteiger partial charge on any atom is 0.251 e. The Morgan fingerprint density at radius 3 is 3.00 bits per heavy atom. The Morgan fingerprint density at radius 2 is 2.19 bits per heavy atom. The Bertz CT molecular complexity index is 1060. The van der Waals surface area contributed by atoms with E-state index in [1.165, 1.54) is 11.3 Å². The maximum atomic E-state index is 12.6. The largest absolute Gasteiger partial charge is 0.358 e. The first-order valence-electron chi connectivity index (χ1n) is 8.66. The number of halogens is 1. The van der Waals surface area contributed by atoms with Crippen LogP contribution in [-0.2, 0) is 12.8 Å². The number of nitrogens with zero attached hydrogens (tertiary/aromatic N) is 1. The van der Waals surface area contributed by atoms with Crippen molar-refractivity contribution >= 4 is 28.4 Å². The molecule has 1 atom stereocenters. The van der Waals surface area contributed by atoms with E-state index in [0.29, 0.717) is 11.1 Å². The molecule has 0 fully saturated rings. The molecule has 1 heterocycles. The van der Waals surface area contributed by atoms with Crippen molar-refractivity contribution in [3.8, 4) is 6.07 Å². The van der Waals surface area contributed by atoms with E-state index in [2.05, 4.69) is 23.3 Å². The number of hydrogen-bond acceptors (Lipinski definition) is 2. The summed E-state index contributed by atoms with van der Waals surface area (Å²) in [6.07, 6.45) is 2.55. The predicted octanol–water partition coefficient (Wildman–Crippen LogP) is 4.29. The van der Waals surface area contributed by atoms with Crippen LogP contribution in [0.25, 0.3) is 10.9 Å². The molecule has 130 valence electrons. The maximum absolute atomic E-state index is 12.6. The average molecular weight is 364 g/mol. The highest BCUT2D eigenvalue weighted by Gasteiger charge is 2.24. The zero-order valence-electron chi connectivity index (χ0n) is 14.4. The summed E-state index contributed by atoms with van der Waals surface area (Å²) in [5, 5.41) is 14.0. The van der Waals surface area contributed by atoms with E-state index in [9.17, 15) is 4.79 Å². The molecule has 0 aliphatic heterocycles. The summed E-state index contributed by atoms with van der Waals surface area (Å²) in [5.74, 6) is -0.135. The third kappa shape index (κ3) is 2.95. The summed E-state index contributed by atoms with van der Waals surface area (Å²) in [4.78, 5) is 16.1. The van der Waals surface area contributed by atoms with Gasteiger partial charge in [0.2, 0.25) is 0 Å². The van der Waals surface area contributed by atoms with Crippen molar-refractivity contribution in [2.45, 2.75) is 32.2 Å². The van der Waals surface area contributed by atoms with Gasteiger partial charge in [-0.3, -0.25) is 4.79 Å². The van der Waals surface area contributed by atoms with Crippen LogP contribution in [0.2, 0.25) is 5.02 Å². The van der Waals surface area contributed by atoms with Crippen molar-refractivity contribution in [2.75, 3.05) is 0 Å². The minimum atomic E-state index is -0.135. The van der Waals surface area contributed by atoms with E-state index in [-0.39, 0.29) is 11.9 Å². The molecule has 2 N–H and O–H groups in total. The van der Waals surface area contributed by atoms with E-state index in [1.54, 1.807) is 24.3 Å². The number of H-pyrrole nitrogens is 1. The molecule has 0 saturated carbocycles. The Balaban J connectivity index is 1.58. The summed E-state index contributed by atoms with van der Waals surface area (Å²) in [6, 6.07) is 12.9. The zero-order valence-corrected chi connectivity index (χ0v) is 15.2. The molecule has 4 rings (SSSR count). The monoisotopic (exact) mass is 363 g/mol. The fraction of sp³-hybridized carbons (Fsp3) is 0.238. The van der Waals surface area contributed by atoms with Crippen molar-refractivity contribution in [1.82, 2.24) is 10.3 Å². The summed E-state index contributed by atoms with van der Waals surface area (Å²) in [6.45, 7) is 2.05. The molecule has 5 heteroatoms. The minimum absolute atomic E-state index is 0.0685. The molecule has 26 heavy (non-hydrogen) atoms. The SMILES string of the molecule is Cc1cc(Cl)cc2c3c([nH]c12)CC[C@@H](NC(=O)c1cccc(C#N)c1)C3. The number of benzene rings is 2. The minimum Gasteiger partial charge on any atom is -0.358 e. The molecule has 1 aromatic heterocycles. The van der Waals surface area contributed by atoms with Gasteiger partial charge in [-0.05, 0) is 67.6 Å². The van der Waals surface area contributed by atoms with E-state index in [0.717, 1.165) is 40.8 Å². The van der Waals surface area contributed by atoms with Gasteiger partial charge in [0.1, 0.15) is 0 Å². The van der Waals surface area contributed by atoms with Crippen LogP contribution in [0, 0.1) is 18.3 Å². The molecule has 1 aliphatic rings. The lowest BCUT2D eigenvalue weighted by Gasteiger charge is -2.23. The molecule has 0 saturated heterocycles. The molecule has 0 radical (unpaired) electrons. The molecular formula is C21H18ClN3O.